The van der Waals surface area contributed by atoms with Crippen molar-refractivity contribution in [1.82, 2.24) is 10.6 Å². The van der Waals surface area contributed by atoms with Crippen LogP contribution >= 0.6 is 11.3 Å². The van der Waals surface area contributed by atoms with Gasteiger partial charge in [-0.05, 0) is 35.6 Å². The van der Waals surface area contributed by atoms with Crippen molar-refractivity contribution in [2.45, 2.75) is 25.5 Å². The van der Waals surface area contributed by atoms with Crippen molar-refractivity contribution < 1.29 is 14.3 Å². The SMILES string of the molecule is CCCNC(=O)[C@@H]1CN(CC(=O)N[C@H](c2ccccc2)c2cccs2)c2ccccc2O1. The Hall–Kier alpha value is -3.32. The highest BCUT2D eigenvalue weighted by Gasteiger charge is 2.31. The van der Waals surface area contributed by atoms with E-state index in [0.717, 1.165) is 22.5 Å². The number of nitrogens with one attached hydrogen (secondary N) is 2. The van der Waals surface area contributed by atoms with E-state index in [9.17, 15) is 9.59 Å². The largest absolute Gasteiger partial charge is 0.477 e. The van der Waals surface area contributed by atoms with Gasteiger partial charge in [0, 0.05) is 11.4 Å². The van der Waals surface area contributed by atoms with Crippen molar-refractivity contribution in [2.75, 3.05) is 24.5 Å². The highest BCUT2D eigenvalue weighted by Crippen LogP contribution is 2.33. The molecule has 2 atom stereocenters. The minimum absolute atomic E-state index is 0.114. The monoisotopic (exact) mass is 449 g/mol. The third-order valence-corrected chi connectivity index (χ3v) is 6.24. The van der Waals surface area contributed by atoms with Crippen LogP contribution in [-0.2, 0) is 9.59 Å². The highest BCUT2D eigenvalue weighted by atomic mass is 32.1. The minimum atomic E-state index is -0.661. The molecule has 0 radical (unpaired) electrons. The Kier molecular flexibility index (Phi) is 7.07. The molecule has 0 fully saturated rings. The molecule has 0 spiro atoms. The zero-order chi connectivity index (χ0) is 22.3. The summed E-state index contributed by atoms with van der Waals surface area (Å²) in [6.07, 6.45) is 0.191. The summed E-state index contributed by atoms with van der Waals surface area (Å²) in [7, 11) is 0. The quantitative estimate of drug-likeness (QED) is 0.550. The molecule has 4 rings (SSSR count). The van der Waals surface area contributed by atoms with Crippen LogP contribution in [-0.4, -0.2) is 37.6 Å². The molecule has 2 amide bonds. The van der Waals surface area contributed by atoms with E-state index in [0.29, 0.717) is 18.8 Å². The number of para-hydroxylation sites is 2. The number of thiophene rings is 1. The lowest BCUT2D eigenvalue weighted by Gasteiger charge is -2.35. The Bertz CT molecular complexity index is 1040. The summed E-state index contributed by atoms with van der Waals surface area (Å²) in [6.45, 7) is 3.05. The van der Waals surface area contributed by atoms with Gasteiger partial charge in [-0.2, -0.15) is 0 Å². The molecule has 3 aromatic rings. The van der Waals surface area contributed by atoms with Gasteiger partial charge in [-0.15, -0.1) is 11.3 Å². The number of amides is 2. The van der Waals surface area contributed by atoms with Crippen molar-refractivity contribution in [2.24, 2.45) is 0 Å². The third-order valence-electron chi connectivity index (χ3n) is 5.30. The first-order chi connectivity index (χ1) is 15.7. The number of fused-ring (bicyclic) bond motifs is 1. The van der Waals surface area contributed by atoms with Crippen LogP contribution in [0.15, 0.2) is 72.1 Å². The second-order valence-corrected chi connectivity index (χ2v) is 8.65. The molecule has 6 nitrogen and oxygen atoms in total. The summed E-state index contributed by atoms with van der Waals surface area (Å²) in [5.74, 6) is 0.338. The van der Waals surface area contributed by atoms with Gasteiger partial charge in [-0.1, -0.05) is 55.5 Å². The van der Waals surface area contributed by atoms with Crippen molar-refractivity contribution >= 4 is 28.8 Å². The van der Waals surface area contributed by atoms with Crippen LogP contribution in [0.4, 0.5) is 5.69 Å². The standard InChI is InChI=1S/C25H27N3O3S/c1-2-14-26-25(30)21-16-28(19-11-6-7-12-20(19)31-21)17-23(29)27-24(22-13-8-15-32-22)18-9-4-3-5-10-18/h3-13,15,21,24H,2,14,16-17H2,1H3,(H,26,30)(H,27,29)/t21-,24+/m0/s1. The molecule has 2 N–H and O–H groups in total. The maximum absolute atomic E-state index is 13.2. The van der Waals surface area contributed by atoms with Gasteiger partial charge in [-0.3, -0.25) is 9.59 Å². The lowest BCUT2D eigenvalue weighted by molar-refractivity contribution is -0.128. The minimum Gasteiger partial charge on any atom is -0.477 e. The van der Waals surface area contributed by atoms with E-state index < -0.39 is 6.10 Å². The smallest absolute Gasteiger partial charge is 0.262 e. The van der Waals surface area contributed by atoms with E-state index in [1.807, 2.05) is 83.9 Å². The summed E-state index contributed by atoms with van der Waals surface area (Å²) in [5.41, 5.74) is 1.84. The van der Waals surface area contributed by atoms with Gasteiger partial charge in [-0.25, -0.2) is 0 Å². The van der Waals surface area contributed by atoms with Crippen molar-refractivity contribution in [1.29, 1.82) is 0 Å². The molecule has 1 aromatic heterocycles. The Morgan fingerprint density at radius 2 is 1.88 bits per heavy atom. The zero-order valence-corrected chi connectivity index (χ0v) is 18.8. The number of ether oxygens (including phenoxy) is 1. The van der Waals surface area contributed by atoms with Crippen LogP contribution in [0.1, 0.15) is 29.8 Å². The van der Waals surface area contributed by atoms with Gasteiger partial charge >= 0.3 is 0 Å². The number of benzene rings is 2. The Balaban J connectivity index is 1.51. The molecule has 1 aliphatic rings. The average Bonchev–Trinajstić information content (AvgIpc) is 3.36. The molecule has 0 saturated carbocycles. The van der Waals surface area contributed by atoms with E-state index in [-0.39, 0.29) is 24.4 Å². The van der Waals surface area contributed by atoms with Gasteiger partial charge in [0.05, 0.1) is 24.8 Å². The molecule has 7 heteroatoms. The molecule has 0 unspecified atom stereocenters. The Labute approximate surface area is 192 Å². The number of hydrogen-bond donors (Lipinski definition) is 2. The summed E-state index contributed by atoms with van der Waals surface area (Å²) < 4.78 is 5.93. The fourth-order valence-corrected chi connectivity index (χ4v) is 4.56. The predicted molar refractivity (Wildman–Crippen MR) is 127 cm³/mol. The summed E-state index contributed by atoms with van der Waals surface area (Å²) in [6, 6.07) is 21.3. The van der Waals surface area contributed by atoms with Crippen LogP contribution in [0, 0.1) is 0 Å². The fraction of sp³-hybridized carbons (Fsp3) is 0.280. The Morgan fingerprint density at radius 3 is 2.62 bits per heavy atom. The lowest BCUT2D eigenvalue weighted by Crippen LogP contribution is -2.51. The van der Waals surface area contributed by atoms with Crippen LogP contribution in [0.3, 0.4) is 0 Å². The molecular weight excluding hydrogens is 422 g/mol. The van der Waals surface area contributed by atoms with E-state index in [2.05, 4.69) is 10.6 Å². The first-order valence-electron chi connectivity index (χ1n) is 10.8. The van der Waals surface area contributed by atoms with E-state index in [1.54, 1.807) is 11.3 Å². The second-order valence-electron chi connectivity index (χ2n) is 7.67. The van der Waals surface area contributed by atoms with Crippen LogP contribution < -0.4 is 20.3 Å². The average molecular weight is 450 g/mol. The summed E-state index contributed by atoms with van der Waals surface area (Å²) in [5, 5.41) is 8.08. The van der Waals surface area contributed by atoms with Gasteiger partial charge in [0.25, 0.3) is 5.91 Å². The van der Waals surface area contributed by atoms with Gasteiger partial charge in [0.2, 0.25) is 5.91 Å². The molecule has 2 heterocycles. The zero-order valence-electron chi connectivity index (χ0n) is 18.0. The molecule has 1 aliphatic heterocycles. The van der Waals surface area contributed by atoms with Crippen LogP contribution in [0.25, 0.3) is 0 Å². The number of carbonyl (C=O) groups is 2. The van der Waals surface area contributed by atoms with E-state index in [1.165, 1.54) is 0 Å². The Morgan fingerprint density at radius 1 is 1.09 bits per heavy atom. The van der Waals surface area contributed by atoms with Crippen molar-refractivity contribution in [3.8, 4) is 5.75 Å². The van der Waals surface area contributed by atoms with Gasteiger partial charge in [0.15, 0.2) is 6.10 Å². The van der Waals surface area contributed by atoms with E-state index >= 15 is 0 Å². The lowest BCUT2D eigenvalue weighted by atomic mass is 10.1. The van der Waals surface area contributed by atoms with Gasteiger partial charge in [0.1, 0.15) is 5.75 Å². The van der Waals surface area contributed by atoms with Crippen molar-refractivity contribution in [3.63, 3.8) is 0 Å². The van der Waals surface area contributed by atoms with Gasteiger partial charge < -0.3 is 20.3 Å². The number of rotatable bonds is 8. The first-order valence-corrected chi connectivity index (χ1v) is 11.7. The molecule has 0 saturated heterocycles. The normalized spacial score (nSPS) is 15.9. The molecule has 32 heavy (non-hydrogen) atoms. The second kappa shape index (κ2) is 10.3. The maximum atomic E-state index is 13.2. The van der Waals surface area contributed by atoms with E-state index in [4.69, 9.17) is 4.74 Å². The topological polar surface area (TPSA) is 70.7 Å². The van der Waals surface area contributed by atoms with Crippen LogP contribution in [0.2, 0.25) is 0 Å². The number of anilines is 1. The summed E-state index contributed by atoms with van der Waals surface area (Å²) in [4.78, 5) is 28.7. The highest BCUT2D eigenvalue weighted by molar-refractivity contribution is 7.10. The molecule has 0 aliphatic carbocycles. The number of hydrogen-bond acceptors (Lipinski definition) is 5. The maximum Gasteiger partial charge on any atom is 0.262 e. The molecule has 2 aromatic carbocycles. The first kappa shape index (κ1) is 21.9. The number of nitrogens with zero attached hydrogens (tertiary/aromatic N) is 1. The third kappa shape index (κ3) is 5.11. The molecule has 166 valence electrons. The molecule has 0 bridgehead atoms. The predicted octanol–water partition coefficient (Wildman–Crippen LogP) is 3.75. The molecular formula is C25H27N3O3S. The summed E-state index contributed by atoms with van der Waals surface area (Å²) >= 11 is 1.61. The fourth-order valence-electron chi connectivity index (χ4n) is 3.76. The number of carbonyl (C=O) groups excluding carboxylic acids is 2. The van der Waals surface area contributed by atoms with Crippen LogP contribution in [0.5, 0.6) is 5.75 Å². The van der Waals surface area contributed by atoms with Crippen molar-refractivity contribution in [3.05, 3.63) is 82.6 Å².